The fourth-order valence-electron chi connectivity index (χ4n) is 2.28. The zero-order valence-corrected chi connectivity index (χ0v) is 12.3. The molecule has 0 spiro atoms. The Kier molecular flexibility index (Phi) is 3.95. The second-order valence-electron chi connectivity index (χ2n) is 4.94. The number of amides is 2. The summed E-state index contributed by atoms with van der Waals surface area (Å²) in [5.74, 6) is -0.568. The van der Waals surface area contributed by atoms with E-state index in [1.54, 1.807) is 25.1 Å². The summed E-state index contributed by atoms with van der Waals surface area (Å²) < 4.78 is 27.3. The Morgan fingerprint density at radius 1 is 1.48 bits per heavy atom. The average Bonchev–Trinajstić information content (AvgIpc) is 2.91. The molecule has 23 heavy (non-hydrogen) atoms. The van der Waals surface area contributed by atoms with E-state index in [2.05, 4.69) is 26.3 Å². The van der Waals surface area contributed by atoms with Gasteiger partial charge in [-0.15, -0.1) is 5.73 Å². The second-order valence-corrected chi connectivity index (χ2v) is 4.94. The number of hydrogen-bond acceptors (Lipinski definition) is 2. The molecule has 0 bridgehead atoms. The zero-order chi connectivity index (χ0) is 16.4. The number of allylic oxidation sites excluding steroid dienone is 3. The lowest BCUT2D eigenvalue weighted by atomic mass is 9.98. The van der Waals surface area contributed by atoms with Gasteiger partial charge in [-0.2, -0.15) is 0 Å². The molecule has 0 radical (unpaired) electrons. The smallest absolute Gasteiger partial charge is 0.321 e. The Labute approximate surface area is 130 Å². The molecule has 0 saturated carbocycles. The molecule has 1 aromatic carbocycles. The molecular weight excluding hydrogens is 302 g/mol. The third-order valence-corrected chi connectivity index (χ3v) is 3.34. The summed E-state index contributed by atoms with van der Waals surface area (Å²) in [6.07, 6.45) is 0.574. The van der Waals surface area contributed by atoms with Crippen LogP contribution in [-0.2, 0) is 0 Å². The molecule has 1 atom stereocenters. The number of H-pyrrole nitrogens is 1. The van der Waals surface area contributed by atoms with Crippen molar-refractivity contribution < 1.29 is 13.6 Å². The van der Waals surface area contributed by atoms with Crippen molar-refractivity contribution in [1.29, 1.82) is 0 Å². The van der Waals surface area contributed by atoms with Gasteiger partial charge in [0, 0.05) is 12.1 Å². The summed E-state index contributed by atoms with van der Waals surface area (Å²) in [6.45, 7) is 2.30. The Hall–Kier alpha value is -2.92. The van der Waals surface area contributed by atoms with Crippen molar-refractivity contribution in [2.45, 2.75) is 13.1 Å². The predicted molar refractivity (Wildman–Crippen MR) is 84.4 cm³/mol. The molecular formula is C16H14F2N4O. The number of benzene rings is 1. The fourth-order valence-corrected chi connectivity index (χ4v) is 2.28. The van der Waals surface area contributed by atoms with Crippen molar-refractivity contribution in [3.8, 4) is 0 Å². The van der Waals surface area contributed by atoms with Crippen molar-refractivity contribution >= 4 is 28.6 Å². The number of urea groups is 1. The topological polar surface area (TPSA) is 69.8 Å². The van der Waals surface area contributed by atoms with Crippen LogP contribution in [0, 0.1) is 0 Å². The minimum atomic E-state index is -1.83. The summed E-state index contributed by atoms with van der Waals surface area (Å²) in [5, 5.41) is 5.14. The zero-order valence-electron chi connectivity index (χ0n) is 12.3. The van der Waals surface area contributed by atoms with Gasteiger partial charge in [0.1, 0.15) is 5.83 Å². The maximum atomic E-state index is 13.9. The van der Waals surface area contributed by atoms with Gasteiger partial charge in [0.2, 0.25) is 5.95 Å². The van der Waals surface area contributed by atoms with Crippen LogP contribution in [0.3, 0.4) is 0 Å². The van der Waals surface area contributed by atoms with E-state index in [1.165, 1.54) is 6.08 Å². The number of fused-ring (bicyclic) bond motifs is 1. The van der Waals surface area contributed by atoms with E-state index in [4.69, 9.17) is 0 Å². The van der Waals surface area contributed by atoms with E-state index >= 15 is 0 Å². The molecule has 1 unspecified atom stereocenters. The molecule has 3 rings (SSSR count). The highest BCUT2D eigenvalue weighted by molar-refractivity contribution is 5.90. The lowest BCUT2D eigenvalue weighted by molar-refractivity contribution is 0.252. The largest absolute Gasteiger partial charge is 0.338 e. The van der Waals surface area contributed by atoms with Gasteiger partial charge in [-0.1, -0.05) is 6.07 Å². The molecule has 1 aromatic heterocycles. The Morgan fingerprint density at radius 3 is 3.09 bits per heavy atom. The van der Waals surface area contributed by atoms with Crippen LogP contribution < -0.4 is 10.6 Å². The van der Waals surface area contributed by atoms with Crippen molar-refractivity contribution in [2.24, 2.45) is 0 Å². The Morgan fingerprint density at radius 2 is 2.30 bits per heavy atom. The quantitative estimate of drug-likeness (QED) is 0.759. The van der Waals surface area contributed by atoms with Crippen LogP contribution in [0.1, 0.15) is 12.5 Å². The summed E-state index contributed by atoms with van der Waals surface area (Å²) >= 11 is 0. The third-order valence-electron chi connectivity index (χ3n) is 3.34. The average molecular weight is 316 g/mol. The lowest BCUT2D eigenvalue weighted by Crippen LogP contribution is -2.28. The molecule has 0 fully saturated rings. The van der Waals surface area contributed by atoms with Gasteiger partial charge in [0.15, 0.2) is 6.17 Å². The second kappa shape index (κ2) is 6.06. The Bertz CT molecular complexity index is 862. The van der Waals surface area contributed by atoms with E-state index < -0.39 is 12.0 Å². The molecule has 0 aliphatic heterocycles. The number of hydrogen-bond donors (Lipinski definition) is 3. The van der Waals surface area contributed by atoms with E-state index in [0.717, 1.165) is 6.08 Å². The number of rotatable bonds is 3. The lowest BCUT2D eigenvalue weighted by Gasteiger charge is -2.11. The molecule has 5 nitrogen and oxygen atoms in total. The highest BCUT2D eigenvalue weighted by atomic mass is 19.2. The van der Waals surface area contributed by atoms with Crippen molar-refractivity contribution in [3.63, 3.8) is 0 Å². The standard InChI is InChI=1S/C16H14F2N4O/c1-2-19-16(23)22-15-20-12-7-6-9(8-13(12)21-15)10-4-3-5-11(17)14(10)18/h3,5-8,14H,2H2,1H3,(H3,19,20,21,22,23). The number of alkyl halides is 1. The number of anilines is 1. The maximum absolute atomic E-state index is 13.9. The molecule has 0 saturated heterocycles. The number of carbonyl (C=O) groups excluding carboxylic acids is 1. The van der Waals surface area contributed by atoms with Crippen molar-refractivity contribution in [1.82, 2.24) is 15.3 Å². The highest BCUT2D eigenvalue weighted by Gasteiger charge is 2.22. The molecule has 3 N–H and O–H groups in total. The van der Waals surface area contributed by atoms with Crippen LogP contribution in [0.2, 0.25) is 0 Å². The normalized spacial score (nSPS) is 16.9. The number of aromatic amines is 1. The number of nitrogens with zero attached hydrogens (tertiary/aromatic N) is 1. The summed E-state index contributed by atoms with van der Waals surface area (Å²) in [7, 11) is 0. The van der Waals surface area contributed by atoms with Gasteiger partial charge in [-0.05, 0) is 36.8 Å². The van der Waals surface area contributed by atoms with Crippen LogP contribution >= 0.6 is 0 Å². The van der Waals surface area contributed by atoms with E-state index in [9.17, 15) is 13.6 Å². The first-order chi connectivity index (χ1) is 11.1. The maximum Gasteiger partial charge on any atom is 0.321 e. The molecule has 2 aromatic rings. The van der Waals surface area contributed by atoms with Gasteiger partial charge in [0.05, 0.1) is 11.0 Å². The van der Waals surface area contributed by atoms with Gasteiger partial charge in [0.25, 0.3) is 0 Å². The summed E-state index contributed by atoms with van der Waals surface area (Å²) in [5.41, 5.74) is 4.55. The van der Waals surface area contributed by atoms with Crippen LogP contribution in [0.4, 0.5) is 19.5 Å². The third kappa shape index (κ3) is 3.00. The molecule has 118 valence electrons. The van der Waals surface area contributed by atoms with Crippen LogP contribution in [0.5, 0.6) is 0 Å². The fraction of sp³-hybridized carbons (Fsp3) is 0.188. The van der Waals surface area contributed by atoms with Gasteiger partial charge >= 0.3 is 6.03 Å². The number of imidazole rings is 1. The molecule has 1 aliphatic rings. The number of nitrogens with one attached hydrogen (secondary N) is 3. The van der Waals surface area contributed by atoms with E-state index in [-0.39, 0.29) is 17.6 Å². The monoisotopic (exact) mass is 316 g/mol. The molecule has 7 heteroatoms. The predicted octanol–water partition coefficient (Wildman–Crippen LogP) is 3.45. The molecule has 1 aliphatic carbocycles. The highest BCUT2D eigenvalue weighted by Crippen LogP contribution is 2.30. The van der Waals surface area contributed by atoms with Crippen molar-refractivity contribution in [3.05, 3.63) is 47.5 Å². The molecule has 2 amide bonds. The summed E-state index contributed by atoms with van der Waals surface area (Å²) in [6, 6.07) is 4.58. The number of carbonyl (C=O) groups is 1. The minimum Gasteiger partial charge on any atom is -0.338 e. The number of halogens is 2. The first-order valence-electron chi connectivity index (χ1n) is 7.10. The van der Waals surface area contributed by atoms with Crippen molar-refractivity contribution in [2.75, 3.05) is 11.9 Å². The minimum absolute atomic E-state index is 0.125. The van der Waals surface area contributed by atoms with Gasteiger partial charge in [-0.3, -0.25) is 5.32 Å². The SMILES string of the molecule is CCNC(=O)Nc1nc2ccc(C3=C=CC=C(F)C3F)cc2[nH]1. The molecule has 1 heterocycles. The summed E-state index contributed by atoms with van der Waals surface area (Å²) in [4.78, 5) is 18.6. The Balaban J connectivity index is 1.91. The van der Waals surface area contributed by atoms with Crippen LogP contribution in [0.15, 0.2) is 41.9 Å². The number of aromatic nitrogens is 2. The van der Waals surface area contributed by atoms with E-state index in [1.807, 2.05) is 0 Å². The van der Waals surface area contributed by atoms with E-state index in [0.29, 0.717) is 23.1 Å². The van der Waals surface area contributed by atoms with Gasteiger partial charge < -0.3 is 10.3 Å². The van der Waals surface area contributed by atoms with Crippen LogP contribution in [0.25, 0.3) is 16.6 Å². The van der Waals surface area contributed by atoms with Gasteiger partial charge in [-0.25, -0.2) is 18.6 Å². The van der Waals surface area contributed by atoms with Crippen LogP contribution in [-0.4, -0.2) is 28.7 Å². The first-order valence-corrected chi connectivity index (χ1v) is 7.10. The first kappa shape index (κ1) is 15.0.